The van der Waals surface area contributed by atoms with E-state index in [2.05, 4.69) is 66.9 Å². The minimum absolute atomic E-state index is 0.476. The molecule has 2 N–H and O–H groups in total. The molecule has 0 fully saturated rings. The summed E-state index contributed by atoms with van der Waals surface area (Å²) in [5.74, 6) is 0.476. The standard InChI is InChI=1S/C19H24N2S/c1-15(2)17-12-6-7-13-18(17)21-19(22)20-14-8-11-16-9-4-3-5-10-16/h3-7,9-10,12-13,15H,8,11,14H2,1-2H3,(H2,20,21,22). The molecule has 0 aromatic heterocycles. The maximum atomic E-state index is 5.39. The van der Waals surface area contributed by atoms with Crippen molar-refractivity contribution in [1.82, 2.24) is 5.32 Å². The van der Waals surface area contributed by atoms with Crippen molar-refractivity contribution >= 4 is 23.0 Å². The lowest BCUT2D eigenvalue weighted by Crippen LogP contribution is -2.29. The molecule has 2 nitrogen and oxygen atoms in total. The molecule has 3 heteroatoms. The number of para-hydroxylation sites is 1. The summed E-state index contributed by atoms with van der Waals surface area (Å²) in [5.41, 5.74) is 3.75. The number of nitrogens with one attached hydrogen (secondary N) is 2. The van der Waals surface area contributed by atoms with E-state index in [1.807, 2.05) is 12.1 Å². The summed E-state index contributed by atoms with van der Waals surface area (Å²) in [4.78, 5) is 0. The average Bonchev–Trinajstić information content (AvgIpc) is 2.53. The fourth-order valence-corrected chi connectivity index (χ4v) is 2.63. The SMILES string of the molecule is CC(C)c1ccccc1NC(=S)NCCCc1ccccc1. The molecule has 116 valence electrons. The maximum Gasteiger partial charge on any atom is 0.170 e. The molecule has 2 aromatic carbocycles. The zero-order valence-corrected chi connectivity index (χ0v) is 14.1. The van der Waals surface area contributed by atoms with Gasteiger partial charge in [-0.1, -0.05) is 62.4 Å². The summed E-state index contributed by atoms with van der Waals surface area (Å²) in [6, 6.07) is 18.9. The largest absolute Gasteiger partial charge is 0.362 e. The number of thiocarbonyl (C=S) groups is 1. The van der Waals surface area contributed by atoms with Crippen LogP contribution in [0.5, 0.6) is 0 Å². The van der Waals surface area contributed by atoms with Crippen LogP contribution >= 0.6 is 12.2 Å². The highest BCUT2D eigenvalue weighted by atomic mass is 32.1. The van der Waals surface area contributed by atoms with Crippen LogP contribution in [0.15, 0.2) is 54.6 Å². The van der Waals surface area contributed by atoms with Crippen molar-refractivity contribution < 1.29 is 0 Å². The molecule has 0 aliphatic rings. The van der Waals surface area contributed by atoms with Crippen LogP contribution in [0, 0.1) is 0 Å². The van der Waals surface area contributed by atoms with Gasteiger partial charge in [-0.2, -0.15) is 0 Å². The maximum absolute atomic E-state index is 5.39. The number of benzene rings is 2. The first-order chi connectivity index (χ1) is 10.7. The molecule has 0 aliphatic carbocycles. The zero-order chi connectivity index (χ0) is 15.8. The van der Waals surface area contributed by atoms with Crippen molar-refractivity contribution in [3.05, 3.63) is 65.7 Å². The molecule has 0 saturated heterocycles. The highest BCUT2D eigenvalue weighted by Gasteiger charge is 2.06. The molecule has 2 rings (SSSR count). The molecule has 0 radical (unpaired) electrons. The minimum Gasteiger partial charge on any atom is -0.362 e. The van der Waals surface area contributed by atoms with E-state index in [1.165, 1.54) is 11.1 Å². The predicted octanol–water partition coefficient (Wildman–Crippen LogP) is 4.73. The zero-order valence-electron chi connectivity index (χ0n) is 13.3. The molecular weight excluding hydrogens is 288 g/mol. The van der Waals surface area contributed by atoms with Gasteiger partial charge in [0.1, 0.15) is 0 Å². The fraction of sp³-hybridized carbons (Fsp3) is 0.316. The van der Waals surface area contributed by atoms with Crippen molar-refractivity contribution in [3.63, 3.8) is 0 Å². The smallest absolute Gasteiger partial charge is 0.170 e. The van der Waals surface area contributed by atoms with Gasteiger partial charge < -0.3 is 10.6 Å². The summed E-state index contributed by atoms with van der Waals surface area (Å²) in [7, 11) is 0. The van der Waals surface area contributed by atoms with Gasteiger partial charge in [0, 0.05) is 12.2 Å². The minimum atomic E-state index is 0.476. The Morgan fingerprint density at radius 2 is 1.68 bits per heavy atom. The molecule has 0 heterocycles. The predicted molar refractivity (Wildman–Crippen MR) is 99.5 cm³/mol. The second-order valence-corrected chi connectivity index (χ2v) is 6.12. The molecule has 0 amide bonds. The lowest BCUT2D eigenvalue weighted by molar-refractivity contribution is 0.777. The van der Waals surface area contributed by atoms with Crippen LogP contribution in [0.1, 0.15) is 37.3 Å². The van der Waals surface area contributed by atoms with Crippen LogP contribution in [0.25, 0.3) is 0 Å². The number of rotatable bonds is 6. The Morgan fingerprint density at radius 3 is 2.41 bits per heavy atom. The Bertz CT molecular complexity index is 593. The fourth-order valence-electron chi connectivity index (χ4n) is 2.42. The summed E-state index contributed by atoms with van der Waals surface area (Å²) < 4.78 is 0. The third-order valence-corrected chi connectivity index (χ3v) is 3.85. The van der Waals surface area contributed by atoms with E-state index in [0.29, 0.717) is 11.0 Å². The first-order valence-corrected chi connectivity index (χ1v) is 8.25. The Labute approximate surface area is 139 Å². The summed E-state index contributed by atoms with van der Waals surface area (Å²) in [5, 5.41) is 7.29. The number of anilines is 1. The average molecular weight is 312 g/mol. The first-order valence-electron chi connectivity index (χ1n) is 7.84. The topological polar surface area (TPSA) is 24.1 Å². The van der Waals surface area contributed by atoms with Gasteiger partial charge >= 0.3 is 0 Å². The Hall–Kier alpha value is -1.87. The van der Waals surface area contributed by atoms with Gasteiger partial charge in [0.05, 0.1) is 0 Å². The number of aryl methyl sites for hydroxylation is 1. The Morgan fingerprint density at radius 1 is 1.00 bits per heavy atom. The van der Waals surface area contributed by atoms with Crippen molar-refractivity contribution in [3.8, 4) is 0 Å². The molecule has 2 aromatic rings. The van der Waals surface area contributed by atoms with E-state index >= 15 is 0 Å². The van der Waals surface area contributed by atoms with Gasteiger partial charge in [-0.05, 0) is 48.2 Å². The molecule has 0 aliphatic heterocycles. The molecule has 0 spiro atoms. The van der Waals surface area contributed by atoms with Crippen LogP contribution in [0.4, 0.5) is 5.69 Å². The molecule has 0 saturated carbocycles. The third-order valence-electron chi connectivity index (χ3n) is 3.60. The lowest BCUT2D eigenvalue weighted by Gasteiger charge is -2.16. The molecular formula is C19H24N2S. The summed E-state index contributed by atoms with van der Waals surface area (Å²) in [6.07, 6.45) is 2.14. The molecule has 0 bridgehead atoms. The van der Waals surface area contributed by atoms with Crippen LogP contribution in [-0.2, 0) is 6.42 Å². The Kier molecular flexibility index (Phi) is 6.41. The van der Waals surface area contributed by atoms with Gasteiger partial charge in [0.25, 0.3) is 0 Å². The molecule has 0 unspecified atom stereocenters. The summed E-state index contributed by atoms with van der Waals surface area (Å²) in [6.45, 7) is 5.26. The second-order valence-electron chi connectivity index (χ2n) is 5.71. The van der Waals surface area contributed by atoms with Crippen molar-refractivity contribution in [2.75, 3.05) is 11.9 Å². The van der Waals surface area contributed by atoms with Gasteiger partial charge in [-0.25, -0.2) is 0 Å². The van der Waals surface area contributed by atoms with Crippen LogP contribution in [0.2, 0.25) is 0 Å². The van der Waals surface area contributed by atoms with E-state index in [-0.39, 0.29) is 0 Å². The van der Waals surface area contributed by atoms with Crippen molar-refractivity contribution in [1.29, 1.82) is 0 Å². The third kappa shape index (κ3) is 5.15. The monoisotopic (exact) mass is 312 g/mol. The van der Waals surface area contributed by atoms with E-state index in [1.54, 1.807) is 0 Å². The first kappa shape index (κ1) is 16.5. The highest BCUT2D eigenvalue weighted by molar-refractivity contribution is 7.80. The quantitative estimate of drug-likeness (QED) is 0.595. The molecule has 22 heavy (non-hydrogen) atoms. The highest BCUT2D eigenvalue weighted by Crippen LogP contribution is 2.23. The Balaban J connectivity index is 1.77. The van der Waals surface area contributed by atoms with Crippen LogP contribution in [-0.4, -0.2) is 11.7 Å². The molecule has 0 atom stereocenters. The van der Waals surface area contributed by atoms with E-state index < -0.39 is 0 Å². The van der Waals surface area contributed by atoms with Crippen LogP contribution < -0.4 is 10.6 Å². The number of hydrogen-bond donors (Lipinski definition) is 2. The van der Waals surface area contributed by atoms with Crippen LogP contribution in [0.3, 0.4) is 0 Å². The van der Waals surface area contributed by atoms with Gasteiger partial charge in [-0.15, -0.1) is 0 Å². The summed E-state index contributed by atoms with van der Waals surface area (Å²) >= 11 is 5.39. The van der Waals surface area contributed by atoms with E-state index in [0.717, 1.165) is 25.1 Å². The van der Waals surface area contributed by atoms with E-state index in [4.69, 9.17) is 12.2 Å². The van der Waals surface area contributed by atoms with Crippen molar-refractivity contribution in [2.24, 2.45) is 0 Å². The van der Waals surface area contributed by atoms with Gasteiger partial charge in [0.2, 0.25) is 0 Å². The van der Waals surface area contributed by atoms with E-state index in [9.17, 15) is 0 Å². The second kappa shape index (κ2) is 8.54. The number of hydrogen-bond acceptors (Lipinski definition) is 1. The van der Waals surface area contributed by atoms with Crippen molar-refractivity contribution in [2.45, 2.75) is 32.6 Å². The van der Waals surface area contributed by atoms with Gasteiger partial charge in [0.15, 0.2) is 5.11 Å². The van der Waals surface area contributed by atoms with Gasteiger partial charge in [-0.3, -0.25) is 0 Å². The lowest BCUT2D eigenvalue weighted by atomic mass is 10.0. The normalized spacial score (nSPS) is 10.5.